The average Bonchev–Trinajstić information content (AvgIpc) is 3.58. The van der Waals surface area contributed by atoms with E-state index in [-0.39, 0.29) is 36.2 Å². The van der Waals surface area contributed by atoms with E-state index in [0.29, 0.717) is 17.1 Å². The molecule has 2 aromatic carbocycles. The van der Waals surface area contributed by atoms with Gasteiger partial charge in [0.2, 0.25) is 11.8 Å². The number of benzene rings is 2. The molecule has 5 rings (SSSR count). The minimum atomic E-state index is -0.800. The Labute approximate surface area is 293 Å². The Morgan fingerprint density at radius 3 is 2.16 bits per heavy atom. The van der Waals surface area contributed by atoms with E-state index in [1.54, 1.807) is 11.0 Å². The topological polar surface area (TPSA) is 128 Å². The van der Waals surface area contributed by atoms with Crippen LogP contribution in [0, 0.1) is 5.92 Å². The van der Waals surface area contributed by atoms with Crippen LogP contribution < -0.4 is 15.8 Å². The lowest BCUT2D eigenvalue weighted by molar-refractivity contribution is -0.143. The number of nitrogens with two attached hydrogens (primary N) is 1. The Morgan fingerprint density at radius 1 is 0.898 bits per heavy atom. The molecule has 3 heterocycles. The summed E-state index contributed by atoms with van der Waals surface area (Å²) in [6, 6.07) is 18.7. The second-order valence-electron chi connectivity index (χ2n) is 13.8. The van der Waals surface area contributed by atoms with Crippen molar-refractivity contribution in [3.05, 3.63) is 88.4 Å². The zero-order chi connectivity index (χ0) is 35.0. The number of unbranched alkanes of at least 4 members (excludes halogenated alkanes) is 4. The molecule has 49 heavy (non-hydrogen) atoms. The van der Waals surface area contributed by atoms with Gasteiger partial charge in [-0.2, -0.15) is 0 Å². The number of carbonyl (C=O) groups excluding carboxylic acids is 3. The number of nitrogens with zero attached hydrogens (tertiary/aromatic N) is 3. The highest BCUT2D eigenvalue weighted by molar-refractivity contribution is 7.14. The fraction of sp³-hybridized carbons (Fsp3) is 0.410. The number of aromatic nitrogens is 2. The monoisotopic (exact) mass is 681 g/mol. The number of rotatable bonds is 15. The van der Waals surface area contributed by atoms with Crippen LogP contribution in [0.5, 0.6) is 5.75 Å². The van der Waals surface area contributed by atoms with E-state index in [1.807, 2.05) is 67.0 Å². The minimum absolute atomic E-state index is 0.0840. The molecular weight excluding hydrogens is 635 g/mol. The zero-order valence-corrected chi connectivity index (χ0v) is 29.7. The number of carbonyl (C=O) groups is 3. The smallest absolute Gasteiger partial charge is 0.262 e. The van der Waals surface area contributed by atoms with Gasteiger partial charge in [-0.05, 0) is 47.2 Å². The summed E-state index contributed by atoms with van der Waals surface area (Å²) in [6.07, 6.45) is 9.96. The summed E-state index contributed by atoms with van der Waals surface area (Å²) in [7, 11) is 0. The van der Waals surface area contributed by atoms with Crippen molar-refractivity contribution in [2.45, 2.75) is 77.7 Å². The highest BCUT2D eigenvalue weighted by Crippen LogP contribution is 2.30. The van der Waals surface area contributed by atoms with E-state index in [1.165, 1.54) is 37.0 Å². The molecule has 0 radical (unpaired) electrons. The molecule has 1 saturated heterocycles. The molecule has 0 aliphatic carbocycles. The summed E-state index contributed by atoms with van der Waals surface area (Å²) < 4.78 is 5.90. The van der Waals surface area contributed by atoms with Gasteiger partial charge in [-0.1, -0.05) is 89.8 Å². The summed E-state index contributed by atoms with van der Waals surface area (Å²) >= 11 is 1.43. The molecule has 0 spiro atoms. The van der Waals surface area contributed by atoms with Crippen molar-refractivity contribution >= 4 is 29.1 Å². The molecule has 1 aliphatic heterocycles. The van der Waals surface area contributed by atoms with Gasteiger partial charge in [0, 0.05) is 47.9 Å². The molecule has 0 unspecified atom stereocenters. The van der Waals surface area contributed by atoms with Crippen LogP contribution in [0.2, 0.25) is 0 Å². The van der Waals surface area contributed by atoms with Crippen molar-refractivity contribution in [1.29, 1.82) is 0 Å². The second kappa shape index (κ2) is 16.2. The molecule has 3 N–H and O–H groups in total. The number of primary amides is 1. The number of likely N-dealkylation sites (tertiary alicyclic amines) is 1. The SMILES string of the molecule is CCCCCCCOc1ccc(-c2cnc(-c3ccc(C[C@H](NC(=O)c4ccc(C(C)(C)C)s4)C(=O)N4CC(C(N)=O)C4)cc3)nc2)cc1. The Hall–Kier alpha value is -4.57. The summed E-state index contributed by atoms with van der Waals surface area (Å²) in [4.78, 5) is 50.8. The third-order valence-corrected chi connectivity index (χ3v) is 10.3. The van der Waals surface area contributed by atoms with Crippen LogP contribution in [0.4, 0.5) is 0 Å². The summed E-state index contributed by atoms with van der Waals surface area (Å²) in [6.45, 7) is 9.76. The number of ether oxygens (including phenoxy) is 1. The molecule has 1 aliphatic rings. The van der Waals surface area contributed by atoms with E-state index >= 15 is 0 Å². The van der Waals surface area contributed by atoms with E-state index in [2.05, 4.69) is 43.0 Å². The fourth-order valence-electron chi connectivity index (χ4n) is 5.64. The number of thiophene rings is 1. The van der Waals surface area contributed by atoms with Crippen molar-refractivity contribution in [2.24, 2.45) is 11.7 Å². The number of nitrogens with one attached hydrogen (secondary N) is 1. The molecule has 1 atom stereocenters. The van der Waals surface area contributed by atoms with Gasteiger partial charge in [0.05, 0.1) is 17.4 Å². The number of amides is 3. The molecule has 4 aromatic rings. The first-order valence-corrected chi connectivity index (χ1v) is 18.0. The van der Waals surface area contributed by atoms with E-state index < -0.39 is 11.9 Å². The average molecular weight is 682 g/mol. The molecule has 0 bridgehead atoms. The summed E-state index contributed by atoms with van der Waals surface area (Å²) in [5.41, 5.74) is 8.97. The lowest BCUT2D eigenvalue weighted by Gasteiger charge is -2.39. The van der Waals surface area contributed by atoms with E-state index in [9.17, 15) is 14.4 Å². The molecule has 1 fully saturated rings. The van der Waals surface area contributed by atoms with Crippen molar-refractivity contribution in [3.63, 3.8) is 0 Å². The third kappa shape index (κ3) is 9.53. The lowest BCUT2D eigenvalue weighted by atomic mass is 9.95. The molecule has 9 nitrogen and oxygen atoms in total. The van der Waals surface area contributed by atoms with Crippen LogP contribution >= 0.6 is 11.3 Å². The summed E-state index contributed by atoms with van der Waals surface area (Å²) in [5.74, 6) is 0.140. The molecule has 0 saturated carbocycles. The normalized spacial score (nSPS) is 13.8. The predicted molar refractivity (Wildman–Crippen MR) is 194 cm³/mol. The maximum Gasteiger partial charge on any atom is 0.262 e. The van der Waals surface area contributed by atoms with Gasteiger partial charge < -0.3 is 20.7 Å². The van der Waals surface area contributed by atoms with Gasteiger partial charge in [-0.3, -0.25) is 14.4 Å². The van der Waals surface area contributed by atoms with Crippen LogP contribution in [0.3, 0.4) is 0 Å². The van der Waals surface area contributed by atoms with Gasteiger partial charge in [0.1, 0.15) is 11.8 Å². The molecule has 3 amide bonds. The van der Waals surface area contributed by atoms with Crippen molar-refractivity contribution in [2.75, 3.05) is 19.7 Å². The third-order valence-electron chi connectivity index (χ3n) is 8.78. The Kier molecular flexibility index (Phi) is 11.8. The van der Waals surface area contributed by atoms with Crippen LogP contribution in [0.15, 0.2) is 73.1 Å². The van der Waals surface area contributed by atoms with Crippen molar-refractivity contribution in [3.8, 4) is 28.3 Å². The van der Waals surface area contributed by atoms with Gasteiger partial charge in [-0.15, -0.1) is 11.3 Å². The first-order chi connectivity index (χ1) is 23.5. The van der Waals surface area contributed by atoms with Crippen LogP contribution in [-0.4, -0.2) is 58.3 Å². The number of hydrogen-bond donors (Lipinski definition) is 2. The standard InChI is InChI=1S/C39H47N5O4S/c1-5-6-7-8-9-20-48-31-16-14-27(15-17-31)29-22-41-36(42-23-29)28-12-10-26(11-13-28)21-32(38(47)44-24-30(25-44)35(40)45)43-37(46)33-18-19-34(49-33)39(2,3)4/h10-19,22-23,30,32H,5-9,20-21,24-25H2,1-4H3,(H2,40,45)(H,43,46)/t32-/m0/s1. The minimum Gasteiger partial charge on any atom is -0.494 e. The Morgan fingerprint density at radius 2 is 1.55 bits per heavy atom. The van der Waals surface area contributed by atoms with Gasteiger partial charge >= 0.3 is 0 Å². The fourth-order valence-corrected chi connectivity index (χ4v) is 6.61. The van der Waals surface area contributed by atoms with Crippen LogP contribution in [0.25, 0.3) is 22.5 Å². The highest BCUT2D eigenvalue weighted by Gasteiger charge is 2.38. The van der Waals surface area contributed by atoms with Gasteiger partial charge in [0.15, 0.2) is 5.82 Å². The maximum absolute atomic E-state index is 13.5. The number of hydrogen-bond acceptors (Lipinski definition) is 7. The van der Waals surface area contributed by atoms with Gasteiger partial charge in [0.25, 0.3) is 5.91 Å². The second-order valence-corrected chi connectivity index (χ2v) is 14.8. The van der Waals surface area contributed by atoms with E-state index in [0.717, 1.165) is 45.9 Å². The van der Waals surface area contributed by atoms with Crippen LogP contribution in [-0.2, 0) is 21.4 Å². The first kappa shape index (κ1) is 35.7. The predicted octanol–water partition coefficient (Wildman–Crippen LogP) is 6.80. The molecule has 258 valence electrons. The highest BCUT2D eigenvalue weighted by atomic mass is 32.1. The van der Waals surface area contributed by atoms with Crippen molar-refractivity contribution < 1.29 is 19.1 Å². The zero-order valence-electron chi connectivity index (χ0n) is 28.9. The quantitative estimate of drug-likeness (QED) is 0.133. The van der Waals surface area contributed by atoms with Crippen molar-refractivity contribution in [1.82, 2.24) is 20.2 Å². The Bertz CT molecular complexity index is 1710. The Balaban J connectivity index is 1.21. The molecular formula is C39H47N5O4S. The van der Waals surface area contributed by atoms with Gasteiger partial charge in [-0.25, -0.2) is 9.97 Å². The summed E-state index contributed by atoms with van der Waals surface area (Å²) in [5, 5.41) is 2.96. The first-order valence-electron chi connectivity index (χ1n) is 17.2. The largest absolute Gasteiger partial charge is 0.494 e. The lowest BCUT2D eigenvalue weighted by Crippen LogP contribution is -2.60. The van der Waals surface area contributed by atoms with E-state index in [4.69, 9.17) is 10.5 Å². The molecule has 10 heteroatoms. The van der Waals surface area contributed by atoms with Crippen LogP contribution in [0.1, 0.15) is 79.9 Å². The maximum atomic E-state index is 13.5. The molecule has 2 aromatic heterocycles.